The van der Waals surface area contributed by atoms with Crippen molar-refractivity contribution in [1.82, 2.24) is 4.90 Å². The maximum Gasteiger partial charge on any atom is 0.0589 e. The third-order valence-electron chi connectivity index (χ3n) is 2.82. The maximum absolute atomic E-state index is 8.91. The summed E-state index contributed by atoms with van der Waals surface area (Å²) in [5, 5.41) is 8.91. The first-order valence-electron chi connectivity index (χ1n) is 5.80. The summed E-state index contributed by atoms with van der Waals surface area (Å²) in [5.74, 6) is 0. The molecule has 1 heterocycles. The Bertz CT molecular complexity index is 149. The molecule has 0 bridgehead atoms. The SMILES string of the molecule is COCCN(CCO)CCC1CCCO1. The summed E-state index contributed by atoms with van der Waals surface area (Å²) in [5.41, 5.74) is 0. The zero-order chi connectivity index (χ0) is 10.9. The summed E-state index contributed by atoms with van der Waals surface area (Å²) in [6.07, 6.45) is 3.90. The van der Waals surface area contributed by atoms with E-state index in [1.54, 1.807) is 7.11 Å². The third-order valence-corrected chi connectivity index (χ3v) is 2.82. The van der Waals surface area contributed by atoms with Gasteiger partial charge in [-0.2, -0.15) is 0 Å². The van der Waals surface area contributed by atoms with Crippen molar-refractivity contribution in [2.45, 2.75) is 25.4 Å². The Kier molecular flexibility index (Phi) is 6.92. The monoisotopic (exact) mass is 217 g/mol. The van der Waals surface area contributed by atoms with Gasteiger partial charge in [0.1, 0.15) is 0 Å². The molecule has 4 nitrogen and oxygen atoms in total. The Balaban J connectivity index is 2.11. The Morgan fingerprint density at radius 2 is 2.27 bits per heavy atom. The van der Waals surface area contributed by atoms with Gasteiger partial charge in [0.25, 0.3) is 0 Å². The first kappa shape index (κ1) is 12.9. The minimum atomic E-state index is 0.217. The van der Waals surface area contributed by atoms with E-state index in [2.05, 4.69) is 4.90 Å². The molecule has 1 N–H and O–H groups in total. The van der Waals surface area contributed by atoms with Gasteiger partial charge in [0.15, 0.2) is 0 Å². The fourth-order valence-corrected chi connectivity index (χ4v) is 1.90. The molecule has 15 heavy (non-hydrogen) atoms. The molecule has 0 saturated carbocycles. The molecule has 1 aliphatic heterocycles. The van der Waals surface area contributed by atoms with E-state index < -0.39 is 0 Å². The van der Waals surface area contributed by atoms with E-state index in [1.165, 1.54) is 12.8 Å². The van der Waals surface area contributed by atoms with Gasteiger partial charge in [-0.3, -0.25) is 4.90 Å². The highest BCUT2D eigenvalue weighted by Gasteiger charge is 2.16. The molecular weight excluding hydrogens is 194 g/mol. The Hall–Kier alpha value is -0.160. The second-order valence-electron chi connectivity index (χ2n) is 3.98. The number of methoxy groups -OCH3 is 1. The van der Waals surface area contributed by atoms with Crippen molar-refractivity contribution in [3.63, 3.8) is 0 Å². The van der Waals surface area contributed by atoms with E-state index in [0.717, 1.165) is 39.3 Å². The number of ether oxygens (including phenoxy) is 2. The number of rotatable bonds is 8. The second-order valence-corrected chi connectivity index (χ2v) is 3.98. The predicted molar refractivity (Wildman–Crippen MR) is 59.0 cm³/mol. The predicted octanol–water partition coefficient (Wildman–Crippen LogP) is 0.496. The van der Waals surface area contributed by atoms with E-state index in [-0.39, 0.29) is 6.61 Å². The number of hydrogen-bond acceptors (Lipinski definition) is 4. The van der Waals surface area contributed by atoms with Crippen LogP contribution in [0.25, 0.3) is 0 Å². The fraction of sp³-hybridized carbons (Fsp3) is 1.00. The molecule has 0 aromatic heterocycles. The van der Waals surface area contributed by atoms with E-state index in [4.69, 9.17) is 14.6 Å². The van der Waals surface area contributed by atoms with E-state index in [0.29, 0.717) is 6.10 Å². The molecule has 0 aromatic carbocycles. The van der Waals surface area contributed by atoms with Crippen LogP contribution in [0, 0.1) is 0 Å². The molecular formula is C11H23NO3. The average molecular weight is 217 g/mol. The number of aliphatic hydroxyl groups is 1. The van der Waals surface area contributed by atoms with Crippen molar-refractivity contribution in [3.8, 4) is 0 Å². The van der Waals surface area contributed by atoms with Crippen LogP contribution in [0.5, 0.6) is 0 Å². The van der Waals surface area contributed by atoms with E-state index in [1.807, 2.05) is 0 Å². The molecule has 1 unspecified atom stereocenters. The summed E-state index contributed by atoms with van der Waals surface area (Å²) in [4.78, 5) is 2.23. The summed E-state index contributed by atoms with van der Waals surface area (Å²) < 4.78 is 10.6. The van der Waals surface area contributed by atoms with Gasteiger partial charge >= 0.3 is 0 Å². The number of aliphatic hydroxyl groups excluding tert-OH is 1. The van der Waals surface area contributed by atoms with Crippen LogP contribution >= 0.6 is 0 Å². The third kappa shape index (κ3) is 5.47. The molecule has 0 aromatic rings. The largest absolute Gasteiger partial charge is 0.395 e. The average Bonchev–Trinajstić information content (AvgIpc) is 2.75. The first-order chi connectivity index (χ1) is 7.36. The van der Waals surface area contributed by atoms with E-state index in [9.17, 15) is 0 Å². The van der Waals surface area contributed by atoms with Crippen molar-refractivity contribution in [1.29, 1.82) is 0 Å². The molecule has 1 fully saturated rings. The topological polar surface area (TPSA) is 41.9 Å². The van der Waals surface area contributed by atoms with Crippen LogP contribution in [0.3, 0.4) is 0 Å². The van der Waals surface area contributed by atoms with Crippen molar-refractivity contribution >= 4 is 0 Å². The maximum atomic E-state index is 8.91. The van der Waals surface area contributed by atoms with Crippen molar-refractivity contribution in [3.05, 3.63) is 0 Å². The molecule has 0 radical (unpaired) electrons. The lowest BCUT2D eigenvalue weighted by atomic mass is 10.2. The molecule has 1 atom stereocenters. The Morgan fingerprint density at radius 3 is 2.87 bits per heavy atom. The molecule has 0 aliphatic carbocycles. The summed E-state index contributed by atoms with van der Waals surface area (Å²) >= 11 is 0. The van der Waals surface area contributed by atoms with Gasteiger partial charge in [0.2, 0.25) is 0 Å². The molecule has 1 rings (SSSR count). The highest BCUT2D eigenvalue weighted by molar-refractivity contribution is 4.67. The highest BCUT2D eigenvalue weighted by Crippen LogP contribution is 2.15. The molecule has 0 amide bonds. The quantitative estimate of drug-likeness (QED) is 0.643. The lowest BCUT2D eigenvalue weighted by molar-refractivity contribution is 0.0800. The van der Waals surface area contributed by atoms with Gasteiger partial charge in [-0.05, 0) is 19.3 Å². The van der Waals surface area contributed by atoms with Gasteiger partial charge in [0.05, 0.1) is 19.3 Å². The lowest BCUT2D eigenvalue weighted by Gasteiger charge is -2.22. The number of nitrogens with zero attached hydrogens (tertiary/aromatic N) is 1. The van der Waals surface area contributed by atoms with Gasteiger partial charge in [-0.15, -0.1) is 0 Å². The zero-order valence-corrected chi connectivity index (χ0v) is 9.65. The minimum absolute atomic E-state index is 0.217. The summed E-state index contributed by atoms with van der Waals surface area (Å²) in [6.45, 7) is 4.48. The van der Waals surface area contributed by atoms with Crippen LogP contribution in [0.4, 0.5) is 0 Å². The Labute approximate surface area is 92.2 Å². The van der Waals surface area contributed by atoms with Crippen LogP contribution in [0.2, 0.25) is 0 Å². The smallest absolute Gasteiger partial charge is 0.0589 e. The van der Waals surface area contributed by atoms with Crippen molar-refractivity contribution < 1.29 is 14.6 Å². The summed E-state index contributed by atoms with van der Waals surface area (Å²) in [7, 11) is 1.71. The van der Waals surface area contributed by atoms with Gasteiger partial charge in [-0.25, -0.2) is 0 Å². The fourth-order valence-electron chi connectivity index (χ4n) is 1.90. The van der Waals surface area contributed by atoms with Crippen molar-refractivity contribution in [2.75, 3.05) is 46.6 Å². The second kappa shape index (κ2) is 8.05. The molecule has 1 aliphatic rings. The van der Waals surface area contributed by atoms with Gasteiger partial charge < -0.3 is 14.6 Å². The van der Waals surface area contributed by atoms with Crippen LogP contribution in [0.1, 0.15) is 19.3 Å². The number of hydrogen-bond donors (Lipinski definition) is 1. The molecule has 0 spiro atoms. The van der Waals surface area contributed by atoms with Crippen molar-refractivity contribution in [2.24, 2.45) is 0 Å². The van der Waals surface area contributed by atoms with Crippen LogP contribution < -0.4 is 0 Å². The molecule has 1 saturated heterocycles. The normalized spacial score (nSPS) is 21.4. The highest BCUT2D eigenvalue weighted by atomic mass is 16.5. The molecule has 4 heteroatoms. The van der Waals surface area contributed by atoms with Gasteiger partial charge in [-0.1, -0.05) is 0 Å². The van der Waals surface area contributed by atoms with Crippen LogP contribution in [-0.4, -0.2) is 62.7 Å². The lowest BCUT2D eigenvalue weighted by Crippen LogP contribution is -2.32. The standard InChI is InChI=1S/C11H23NO3/c1-14-10-7-12(6-8-13)5-4-11-3-2-9-15-11/h11,13H,2-10H2,1H3. The summed E-state index contributed by atoms with van der Waals surface area (Å²) in [6, 6.07) is 0. The van der Waals surface area contributed by atoms with Gasteiger partial charge in [0, 0.05) is 33.4 Å². The molecule has 90 valence electrons. The first-order valence-corrected chi connectivity index (χ1v) is 5.80. The minimum Gasteiger partial charge on any atom is -0.395 e. The van der Waals surface area contributed by atoms with Crippen LogP contribution in [-0.2, 0) is 9.47 Å². The van der Waals surface area contributed by atoms with Crippen LogP contribution in [0.15, 0.2) is 0 Å². The zero-order valence-electron chi connectivity index (χ0n) is 9.65. The Morgan fingerprint density at radius 1 is 1.40 bits per heavy atom. The van der Waals surface area contributed by atoms with E-state index >= 15 is 0 Å².